The largest absolute Gasteiger partial charge is 0.506 e. The molecule has 2 aromatic rings. The number of aliphatic hydroxyl groups is 1. The van der Waals surface area contributed by atoms with E-state index in [1.807, 2.05) is 5.48 Å². The van der Waals surface area contributed by atoms with E-state index in [4.69, 9.17) is 39.5 Å². The number of hydrogen-bond donors (Lipinski definition) is 3. The lowest BCUT2D eigenvalue weighted by Crippen LogP contribution is -2.66. The molecule has 0 radical (unpaired) electrons. The Morgan fingerprint density at radius 2 is 2.10 bits per heavy atom. The van der Waals surface area contributed by atoms with Crippen LogP contribution in [-0.4, -0.2) is 73.0 Å². The van der Waals surface area contributed by atoms with Crippen molar-refractivity contribution in [2.75, 3.05) is 20.8 Å². The summed E-state index contributed by atoms with van der Waals surface area (Å²) in [5, 5.41) is 25.9. The smallest absolute Gasteiger partial charge is 0.431 e. The molecule has 0 bridgehead atoms. The van der Waals surface area contributed by atoms with Crippen molar-refractivity contribution in [2.45, 2.75) is 57.4 Å². The standard InChI is InChI=1S/C27H32N2O11/c1-8-12-27(5)23(34-6)22(39-26(33)29-36-13-9-2)20(31)25(40-27)37-17-11-10-16-19(30)18(15(4)28-35-7)24(32)38-21(16)14(17)3/h2,8,10-11,20,22-23,25,30-31H,1,12-13H2,3-7H3,(H,29,33)/t20-,22+,23-,25-,27+/m1/s1. The molecule has 0 saturated carbocycles. The summed E-state index contributed by atoms with van der Waals surface area (Å²) in [5.41, 5.74) is 0.369. The van der Waals surface area contributed by atoms with E-state index < -0.39 is 41.9 Å². The SMILES string of the molecule is C#CCONC(=O)O[C@H]1[C@@H](O)[C@H](Oc2ccc3c(O)c(C(C)=NOC)c(=O)oc3c2C)O[C@@](C)(CC=C)[C@@H]1OC. The van der Waals surface area contributed by atoms with E-state index in [-0.39, 0.29) is 46.8 Å². The van der Waals surface area contributed by atoms with Crippen LogP contribution in [0.1, 0.15) is 31.4 Å². The van der Waals surface area contributed by atoms with Crippen molar-refractivity contribution < 1.29 is 48.0 Å². The second-order valence-electron chi connectivity index (χ2n) is 9.06. The fourth-order valence-electron chi connectivity index (χ4n) is 4.55. The summed E-state index contributed by atoms with van der Waals surface area (Å²) >= 11 is 0. The van der Waals surface area contributed by atoms with Gasteiger partial charge in [-0.2, -0.15) is 5.48 Å². The molecule has 5 atom stereocenters. The Bertz CT molecular complexity index is 1380. The predicted octanol–water partition coefficient (Wildman–Crippen LogP) is 2.28. The molecule has 1 fully saturated rings. The van der Waals surface area contributed by atoms with E-state index >= 15 is 0 Å². The number of terminal acetylenes is 1. The van der Waals surface area contributed by atoms with Crippen LogP contribution in [0.4, 0.5) is 4.79 Å². The second kappa shape index (κ2) is 12.8. The molecule has 1 aliphatic rings. The Hall–Kier alpha value is -4.09. The third kappa shape index (κ3) is 6.05. The average molecular weight is 561 g/mol. The summed E-state index contributed by atoms with van der Waals surface area (Å²) in [5.74, 6) is 2.00. The number of rotatable bonds is 10. The molecule has 1 aromatic carbocycles. The Kier molecular flexibility index (Phi) is 9.78. The number of nitrogens with zero attached hydrogens (tertiary/aromatic N) is 1. The number of nitrogens with one attached hydrogen (secondary N) is 1. The lowest BCUT2D eigenvalue weighted by molar-refractivity contribution is -0.309. The van der Waals surface area contributed by atoms with Crippen LogP contribution in [0.5, 0.6) is 11.5 Å². The summed E-state index contributed by atoms with van der Waals surface area (Å²) in [6.07, 6.45) is 0.742. The quantitative estimate of drug-likeness (QED) is 0.0974. The van der Waals surface area contributed by atoms with Crippen molar-refractivity contribution in [2.24, 2.45) is 5.16 Å². The molecule has 216 valence electrons. The third-order valence-electron chi connectivity index (χ3n) is 6.34. The highest BCUT2D eigenvalue weighted by Crippen LogP contribution is 2.39. The maximum absolute atomic E-state index is 12.7. The molecule has 2 heterocycles. The Morgan fingerprint density at radius 3 is 2.73 bits per heavy atom. The monoisotopic (exact) mass is 560 g/mol. The summed E-state index contributed by atoms with van der Waals surface area (Å²) in [6, 6.07) is 2.98. The van der Waals surface area contributed by atoms with E-state index in [1.54, 1.807) is 19.9 Å². The molecule has 1 aromatic heterocycles. The molecule has 0 unspecified atom stereocenters. The maximum atomic E-state index is 12.7. The van der Waals surface area contributed by atoms with Gasteiger partial charge in [0.25, 0.3) is 0 Å². The van der Waals surface area contributed by atoms with Gasteiger partial charge in [-0.05, 0) is 39.3 Å². The summed E-state index contributed by atoms with van der Waals surface area (Å²) in [4.78, 5) is 34.5. The fourth-order valence-corrected chi connectivity index (χ4v) is 4.55. The van der Waals surface area contributed by atoms with E-state index in [0.29, 0.717) is 5.56 Å². The number of oxime groups is 1. The minimum atomic E-state index is -1.55. The van der Waals surface area contributed by atoms with Gasteiger partial charge in [0.15, 0.2) is 12.2 Å². The van der Waals surface area contributed by atoms with Gasteiger partial charge in [0.05, 0.1) is 11.1 Å². The number of fused-ring (bicyclic) bond motifs is 1. The van der Waals surface area contributed by atoms with Crippen molar-refractivity contribution in [3.8, 4) is 23.8 Å². The number of hydrogen-bond acceptors (Lipinski definition) is 12. The Balaban J connectivity index is 1.99. The van der Waals surface area contributed by atoms with Gasteiger partial charge in [-0.1, -0.05) is 17.2 Å². The molecule has 0 spiro atoms. The van der Waals surface area contributed by atoms with Gasteiger partial charge in [-0.25, -0.2) is 9.59 Å². The number of benzene rings is 1. The first kappa shape index (κ1) is 30.5. The van der Waals surface area contributed by atoms with Gasteiger partial charge in [-0.15, -0.1) is 13.0 Å². The molecule has 0 aliphatic carbocycles. The van der Waals surface area contributed by atoms with Crippen LogP contribution in [0.15, 0.2) is 39.2 Å². The normalized spacial score (nSPS) is 24.7. The van der Waals surface area contributed by atoms with Crippen molar-refractivity contribution in [1.29, 1.82) is 0 Å². The van der Waals surface area contributed by atoms with E-state index in [9.17, 15) is 19.8 Å². The first-order chi connectivity index (χ1) is 19.0. The number of ether oxygens (including phenoxy) is 4. The van der Waals surface area contributed by atoms with Gasteiger partial charge in [0.1, 0.15) is 48.1 Å². The van der Waals surface area contributed by atoms with Crippen molar-refractivity contribution >= 4 is 22.8 Å². The van der Waals surface area contributed by atoms with E-state index in [2.05, 4.69) is 17.7 Å². The number of carbonyl (C=O) groups excluding carboxylic acids is 1. The predicted molar refractivity (Wildman–Crippen MR) is 142 cm³/mol. The van der Waals surface area contributed by atoms with Crippen LogP contribution < -0.4 is 15.8 Å². The van der Waals surface area contributed by atoms with E-state index in [1.165, 1.54) is 33.3 Å². The number of aliphatic hydroxyl groups excluding tert-OH is 1. The first-order valence-electron chi connectivity index (χ1n) is 12.1. The molecular formula is C27H32N2O11. The summed E-state index contributed by atoms with van der Waals surface area (Å²) < 4.78 is 28.6. The Labute approximate surface area is 230 Å². The molecule has 40 heavy (non-hydrogen) atoms. The number of methoxy groups -OCH3 is 1. The molecular weight excluding hydrogens is 528 g/mol. The zero-order chi connectivity index (χ0) is 29.6. The molecule has 1 aliphatic heterocycles. The molecule has 3 rings (SSSR count). The molecule has 1 saturated heterocycles. The van der Waals surface area contributed by atoms with E-state index in [0.717, 1.165) is 0 Å². The van der Waals surface area contributed by atoms with Crippen LogP contribution in [0.3, 0.4) is 0 Å². The highest BCUT2D eigenvalue weighted by atomic mass is 16.7. The topological polar surface area (TPSA) is 168 Å². The van der Waals surface area contributed by atoms with Gasteiger partial charge in [-0.3, -0.25) is 4.84 Å². The number of aromatic hydroxyl groups is 1. The second-order valence-corrected chi connectivity index (χ2v) is 9.06. The summed E-state index contributed by atoms with van der Waals surface area (Å²) in [6.45, 7) is 8.31. The van der Waals surface area contributed by atoms with Gasteiger partial charge < -0.3 is 38.4 Å². The average Bonchev–Trinajstić information content (AvgIpc) is 2.89. The highest BCUT2D eigenvalue weighted by Gasteiger charge is 2.55. The lowest BCUT2D eigenvalue weighted by Gasteiger charge is -2.48. The van der Waals surface area contributed by atoms with Crippen LogP contribution >= 0.6 is 0 Å². The number of amides is 1. The van der Waals surface area contributed by atoms with Crippen LogP contribution in [0.25, 0.3) is 11.0 Å². The van der Waals surface area contributed by atoms with Crippen LogP contribution in [0.2, 0.25) is 0 Å². The summed E-state index contributed by atoms with van der Waals surface area (Å²) in [7, 11) is 2.68. The van der Waals surface area contributed by atoms with Gasteiger partial charge >= 0.3 is 11.7 Å². The van der Waals surface area contributed by atoms with Gasteiger partial charge in [0.2, 0.25) is 6.29 Å². The minimum absolute atomic E-state index is 0.0423. The first-order valence-corrected chi connectivity index (χ1v) is 12.1. The zero-order valence-electron chi connectivity index (χ0n) is 22.8. The lowest BCUT2D eigenvalue weighted by atomic mass is 9.85. The number of carbonyl (C=O) groups is 1. The highest BCUT2D eigenvalue weighted by molar-refractivity contribution is 6.04. The third-order valence-corrected chi connectivity index (χ3v) is 6.34. The molecule has 1 amide bonds. The minimum Gasteiger partial charge on any atom is -0.506 e. The maximum Gasteiger partial charge on any atom is 0.431 e. The Morgan fingerprint density at radius 1 is 1.38 bits per heavy atom. The number of aryl methyl sites for hydroxylation is 1. The number of hydroxylamine groups is 1. The van der Waals surface area contributed by atoms with Crippen molar-refractivity contribution in [3.63, 3.8) is 0 Å². The molecule has 3 N–H and O–H groups in total. The van der Waals surface area contributed by atoms with Crippen molar-refractivity contribution in [3.05, 3.63) is 46.3 Å². The fraction of sp³-hybridized carbons (Fsp3) is 0.444. The van der Waals surface area contributed by atoms with Crippen LogP contribution in [-0.2, 0) is 23.9 Å². The van der Waals surface area contributed by atoms with Crippen LogP contribution in [0, 0.1) is 19.3 Å². The molecule has 13 nitrogen and oxygen atoms in total. The zero-order valence-corrected chi connectivity index (χ0v) is 22.8. The van der Waals surface area contributed by atoms with Gasteiger partial charge in [0, 0.05) is 12.7 Å². The molecule has 13 heteroatoms. The van der Waals surface area contributed by atoms with Crippen molar-refractivity contribution in [1.82, 2.24) is 5.48 Å².